The molecule has 0 fully saturated rings. The monoisotopic (exact) mass is 284 g/mol. The van der Waals surface area contributed by atoms with Crippen LogP contribution in [0.2, 0.25) is 0 Å². The molecule has 3 aromatic rings. The van der Waals surface area contributed by atoms with Crippen LogP contribution in [0.4, 0.5) is 10.1 Å². The van der Waals surface area contributed by atoms with E-state index in [2.05, 4.69) is 0 Å². The molecule has 1 heterocycles. The summed E-state index contributed by atoms with van der Waals surface area (Å²) in [5.41, 5.74) is 7.54. The molecule has 3 rings (SSSR count). The maximum Gasteiger partial charge on any atom is 0.146 e. The Kier molecular flexibility index (Phi) is 3.62. The van der Waals surface area contributed by atoms with Crippen molar-refractivity contribution in [1.29, 1.82) is 0 Å². The van der Waals surface area contributed by atoms with E-state index in [0.29, 0.717) is 18.0 Å². The topological polar surface area (TPSA) is 42.4 Å². The predicted molar refractivity (Wildman–Crippen MR) is 82.8 cm³/mol. The normalized spacial score (nSPS) is 12.5. The molecule has 0 aliphatic heterocycles. The fraction of sp³-hybridized carbons (Fsp3) is 0.176. The van der Waals surface area contributed by atoms with Crippen molar-refractivity contribution in [3.63, 3.8) is 0 Å². The van der Waals surface area contributed by atoms with E-state index in [0.717, 1.165) is 11.0 Å². The first kappa shape index (κ1) is 13.6. The van der Waals surface area contributed by atoms with Crippen LogP contribution in [0.25, 0.3) is 11.0 Å². The summed E-state index contributed by atoms with van der Waals surface area (Å²) in [4.78, 5) is 1.80. The lowest BCUT2D eigenvalue weighted by Crippen LogP contribution is -2.29. The molecule has 4 heteroatoms. The zero-order valence-electron chi connectivity index (χ0n) is 11.8. The van der Waals surface area contributed by atoms with Crippen LogP contribution in [0.3, 0.4) is 0 Å². The highest BCUT2D eigenvalue weighted by molar-refractivity contribution is 5.77. The molecule has 1 unspecified atom stereocenters. The highest BCUT2D eigenvalue weighted by Gasteiger charge is 2.16. The molecule has 2 aromatic carbocycles. The lowest BCUT2D eigenvalue weighted by molar-refractivity contribution is 0.493. The fourth-order valence-electron chi connectivity index (χ4n) is 2.43. The minimum absolute atomic E-state index is 0.253. The van der Waals surface area contributed by atoms with Crippen molar-refractivity contribution in [2.75, 3.05) is 18.5 Å². The summed E-state index contributed by atoms with van der Waals surface area (Å²) in [6.45, 7) is 0.473. The average molecular weight is 284 g/mol. The first-order valence-corrected chi connectivity index (χ1v) is 6.85. The number of fused-ring (bicyclic) bond motifs is 1. The van der Waals surface area contributed by atoms with E-state index in [1.54, 1.807) is 17.0 Å². The Balaban J connectivity index is 1.79. The molecule has 108 valence electrons. The molecular weight excluding hydrogens is 267 g/mol. The highest BCUT2D eigenvalue weighted by Crippen LogP contribution is 2.25. The van der Waals surface area contributed by atoms with Gasteiger partial charge in [0.05, 0.1) is 11.7 Å². The van der Waals surface area contributed by atoms with Gasteiger partial charge in [-0.15, -0.1) is 0 Å². The van der Waals surface area contributed by atoms with Crippen LogP contribution in [0.5, 0.6) is 0 Å². The van der Waals surface area contributed by atoms with E-state index in [-0.39, 0.29) is 11.9 Å². The molecule has 0 saturated carbocycles. The highest BCUT2D eigenvalue weighted by atomic mass is 19.1. The molecule has 0 aliphatic carbocycles. The van der Waals surface area contributed by atoms with E-state index < -0.39 is 0 Å². The largest absolute Gasteiger partial charge is 0.459 e. The molecule has 0 aliphatic rings. The molecule has 21 heavy (non-hydrogen) atoms. The van der Waals surface area contributed by atoms with Gasteiger partial charge >= 0.3 is 0 Å². The zero-order chi connectivity index (χ0) is 14.8. The number of hydrogen-bond acceptors (Lipinski definition) is 3. The van der Waals surface area contributed by atoms with Gasteiger partial charge in [-0.2, -0.15) is 0 Å². The third kappa shape index (κ3) is 2.76. The maximum absolute atomic E-state index is 13.8. The van der Waals surface area contributed by atoms with E-state index >= 15 is 0 Å². The number of furan rings is 1. The minimum atomic E-state index is -0.318. The summed E-state index contributed by atoms with van der Waals surface area (Å²) in [6.07, 6.45) is 0. The molecule has 0 saturated heterocycles. The number of para-hydroxylation sites is 2. The van der Waals surface area contributed by atoms with Crippen LogP contribution in [0, 0.1) is 5.82 Å². The van der Waals surface area contributed by atoms with Gasteiger partial charge in [0.25, 0.3) is 0 Å². The summed E-state index contributed by atoms with van der Waals surface area (Å²) in [5, 5.41) is 1.02. The zero-order valence-corrected chi connectivity index (χ0v) is 11.8. The summed E-state index contributed by atoms with van der Waals surface area (Å²) >= 11 is 0. The van der Waals surface area contributed by atoms with Crippen molar-refractivity contribution in [2.24, 2.45) is 5.73 Å². The van der Waals surface area contributed by atoms with Gasteiger partial charge in [-0.25, -0.2) is 4.39 Å². The number of likely N-dealkylation sites (N-methyl/N-ethyl adjacent to an activating group) is 1. The standard InChI is InChI=1S/C17H17FN2O/c1-20(15-8-4-3-7-13(15)18)11-14(19)17-10-12-6-2-5-9-16(12)21-17/h2-10,14H,11,19H2,1H3. The predicted octanol–water partition coefficient (Wildman–Crippen LogP) is 3.71. The SMILES string of the molecule is CN(CC(N)c1cc2ccccc2o1)c1ccccc1F. The first-order chi connectivity index (χ1) is 10.1. The molecule has 0 spiro atoms. The Morgan fingerprint density at radius 3 is 2.62 bits per heavy atom. The molecule has 1 aromatic heterocycles. The van der Waals surface area contributed by atoms with Gasteiger partial charge < -0.3 is 15.1 Å². The van der Waals surface area contributed by atoms with Gasteiger partial charge in [-0.05, 0) is 24.3 Å². The second kappa shape index (κ2) is 5.58. The van der Waals surface area contributed by atoms with Crippen molar-refractivity contribution in [3.05, 3.63) is 66.2 Å². The lowest BCUT2D eigenvalue weighted by atomic mass is 10.2. The van der Waals surface area contributed by atoms with Gasteiger partial charge in [-0.1, -0.05) is 30.3 Å². The van der Waals surface area contributed by atoms with E-state index in [1.165, 1.54) is 6.07 Å². The lowest BCUT2D eigenvalue weighted by Gasteiger charge is -2.22. The van der Waals surface area contributed by atoms with Crippen molar-refractivity contribution < 1.29 is 8.81 Å². The van der Waals surface area contributed by atoms with Gasteiger partial charge in [0, 0.05) is 19.0 Å². The smallest absolute Gasteiger partial charge is 0.146 e. The summed E-state index contributed by atoms with van der Waals surface area (Å²) < 4.78 is 19.5. The molecule has 0 amide bonds. The Morgan fingerprint density at radius 2 is 1.86 bits per heavy atom. The van der Waals surface area contributed by atoms with Crippen LogP contribution in [-0.4, -0.2) is 13.6 Å². The second-order valence-corrected chi connectivity index (χ2v) is 5.13. The van der Waals surface area contributed by atoms with Gasteiger partial charge in [0.2, 0.25) is 0 Å². The average Bonchev–Trinajstić information content (AvgIpc) is 2.91. The molecule has 0 bridgehead atoms. The van der Waals surface area contributed by atoms with E-state index in [9.17, 15) is 4.39 Å². The number of nitrogens with zero attached hydrogens (tertiary/aromatic N) is 1. The number of rotatable bonds is 4. The van der Waals surface area contributed by atoms with Crippen molar-refractivity contribution in [1.82, 2.24) is 0 Å². The van der Waals surface area contributed by atoms with Crippen LogP contribution >= 0.6 is 0 Å². The summed E-state index contributed by atoms with van der Waals surface area (Å²) in [7, 11) is 1.82. The number of nitrogens with two attached hydrogens (primary N) is 1. The Hall–Kier alpha value is -2.33. The van der Waals surface area contributed by atoms with Crippen LogP contribution in [0.15, 0.2) is 59.0 Å². The van der Waals surface area contributed by atoms with Crippen molar-refractivity contribution >= 4 is 16.7 Å². The Morgan fingerprint density at radius 1 is 1.14 bits per heavy atom. The number of anilines is 1. The summed E-state index contributed by atoms with van der Waals surface area (Å²) in [6, 6.07) is 16.1. The number of benzene rings is 2. The molecular formula is C17H17FN2O. The van der Waals surface area contributed by atoms with Crippen molar-refractivity contribution in [2.45, 2.75) is 6.04 Å². The van der Waals surface area contributed by atoms with Crippen LogP contribution in [-0.2, 0) is 0 Å². The second-order valence-electron chi connectivity index (χ2n) is 5.13. The Labute approximate surface area is 122 Å². The quantitative estimate of drug-likeness (QED) is 0.794. The van der Waals surface area contributed by atoms with E-state index in [4.69, 9.17) is 10.2 Å². The van der Waals surface area contributed by atoms with Gasteiger partial charge in [-0.3, -0.25) is 0 Å². The maximum atomic E-state index is 13.8. The first-order valence-electron chi connectivity index (χ1n) is 6.85. The van der Waals surface area contributed by atoms with Gasteiger partial charge in [0.15, 0.2) is 0 Å². The van der Waals surface area contributed by atoms with Crippen molar-refractivity contribution in [3.8, 4) is 0 Å². The number of halogens is 1. The van der Waals surface area contributed by atoms with Gasteiger partial charge in [0.1, 0.15) is 17.2 Å². The van der Waals surface area contributed by atoms with E-state index in [1.807, 2.05) is 43.4 Å². The van der Waals surface area contributed by atoms with Crippen LogP contribution in [0.1, 0.15) is 11.8 Å². The summed E-state index contributed by atoms with van der Waals surface area (Å²) in [5.74, 6) is 0.455. The number of hydrogen-bond donors (Lipinski definition) is 1. The third-order valence-corrected chi connectivity index (χ3v) is 3.54. The minimum Gasteiger partial charge on any atom is -0.459 e. The third-order valence-electron chi connectivity index (χ3n) is 3.54. The molecule has 1 atom stereocenters. The molecule has 0 radical (unpaired) electrons. The Bertz CT molecular complexity index is 720. The molecule has 2 N–H and O–H groups in total. The molecule has 3 nitrogen and oxygen atoms in total. The fourth-order valence-corrected chi connectivity index (χ4v) is 2.43. The van der Waals surface area contributed by atoms with Crippen LogP contribution < -0.4 is 10.6 Å².